The Kier molecular flexibility index (Phi) is 5.36. The molecule has 1 N–H and O–H groups in total. The van der Waals surface area contributed by atoms with Crippen molar-refractivity contribution in [3.63, 3.8) is 0 Å². The number of nitrogens with zero attached hydrogens (tertiary/aromatic N) is 1. The second kappa shape index (κ2) is 7.47. The zero-order chi connectivity index (χ0) is 16.2. The molecule has 1 aromatic rings. The van der Waals surface area contributed by atoms with Gasteiger partial charge in [0, 0.05) is 36.4 Å². The number of amides is 2. The molecule has 1 aromatic carbocycles. The van der Waals surface area contributed by atoms with Crippen molar-refractivity contribution in [2.75, 3.05) is 19.6 Å². The van der Waals surface area contributed by atoms with Gasteiger partial charge in [0.25, 0.3) is 0 Å². The molecule has 2 atom stereocenters. The van der Waals surface area contributed by atoms with Gasteiger partial charge in [-0.1, -0.05) is 28.1 Å². The van der Waals surface area contributed by atoms with Crippen LogP contribution in [0.4, 0.5) is 0 Å². The molecule has 1 saturated heterocycles. The maximum atomic E-state index is 12.2. The van der Waals surface area contributed by atoms with Crippen LogP contribution in [0.15, 0.2) is 28.7 Å². The van der Waals surface area contributed by atoms with Crippen LogP contribution >= 0.6 is 15.9 Å². The number of benzene rings is 1. The minimum absolute atomic E-state index is 0.0642. The van der Waals surface area contributed by atoms with Gasteiger partial charge < -0.3 is 10.2 Å². The Balaban J connectivity index is 1.40. The van der Waals surface area contributed by atoms with E-state index in [1.807, 2.05) is 17.0 Å². The number of hydrogen-bond donors (Lipinski definition) is 1. The Bertz CT molecular complexity index is 584. The number of carbonyl (C=O) groups excluding carboxylic acids is 2. The normalized spacial score (nSPS) is 23.4. The lowest BCUT2D eigenvalue weighted by Crippen LogP contribution is -2.38. The molecule has 2 amide bonds. The number of rotatable bonds is 5. The molecule has 0 radical (unpaired) electrons. The van der Waals surface area contributed by atoms with Gasteiger partial charge in [-0.2, -0.15) is 0 Å². The van der Waals surface area contributed by atoms with E-state index in [2.05, 4.69) is 33.4 Å². The molecule has 1 aliphatic carbocycles. The highest BCUT2D eigenvalue weighted by atomic mass is 79.9. The second-order valence-electron chi connectivity index (χ2n) is 6.49. The summed E-state index contributed by atoms with van der Waals surface area (Å²) >= 11 is 3.47. The van der Waals surface area contributed by atoms with E-state index >= 15 is 0 Å². The van der Waals surface area contributed by atoms with Gasteiger partial charge >= 0.3 is 0 Å². The molecule has 2 aliphatic rings. The number of piperidine rings is 1. The first-order valence-electron chi connectivity index (χ1n) is 8.46. The van der Waals surface area contributed by atoms with Gasteiger partial charge in [0.15, 0.2) is 0 Å². The average molecular weight is 379 g/mol. The van der Waals surface area contributed by atoms with Gasteiger partial charge in [-0.05, 0) is 49.3 Å². The highest BCUT2D eigenvalue weighted by molar-refractivity contribution is 9.10. The molecule has 5 heteroatoms. The Labute approximate surface area is 145 Å². The van der Waals surface area contributed by atoms with Crippen LogP contribution in [0.1, 0.15) is 43.6 Å². The average Bonchev–Trinajstić information content (AvgIpc) is 3.36. The quantitative estimate of drug-likeness (QED) is 0.855. The van der Waals surface area contributed by atoms with E-state index in [9.17, 15) is 9.59 Å². The molecule has 0 unspecified atom stereocenters. The van der Waals surface area contributed by atoms with Crippen LogP contribution in [0.25, 0.3) is 0 Å². The summed E-state index contributed by atoms with van der Waals surface area (Å²) in [4.78, 5) is 26.2. The van der Waals surface area contributed by atoms with Crippen molar-refractivity contribution in [3.8, 4) is 0 Å². The number of likely N-dealkylation sites (tertiary alicyclic amines) is 1. The van der Waals surface area contributed by atoms with Crippen molar-refractivity contribution in [2.24, 2.45) is 5.92 Å². The Morgan fingerprint density at radius 1 is 1.22 bits per heavy atom. The van der Waals surface area contributed by atoms with Gasteiger partial charge in [0.05, 0.1) is 0 Å². The first-order valence-corrected chi connectivity index (χ1v) is 9.25. The van der Waals surface area contributed by atoms with Crippen molar-refractivity contribution >= 4 is 27.7 Å². The topological polar surface area (TPSA) is 49.4 Å². The maximum Gasteiger partial charge on any atom is 0.224 e. The first-order chi connectivity index (χ1) is 11.1. The van der Waals surface area contributed by atoms with Crippen molar-refractivity contribution in [3.05, 3.63) is 34.3 Å². The van der Waals surface area contributed by atoms with Crippen molar-refractivity contribution in [2.45, 2.75) is 38.0 Å². The monoisotopic (exact) mass is 378 g/mol. The van der Waals surface area contributed by atoms with Crippen LogP contribution in [0.5, 0.6) is 0 Å². The SMILES string of the molecule is O=C(NCCC(=O)N1CCCCC1)[C@H]1C[C@H]1c1cccc(Br)c1. The fraction of sp³-hybridized carbons (Fsp3) is 0.556. The molecule has 2 fully saturated rings. The van der Waals surface area contributed by atoms with Crippen LogP contribution in [0.2, 0.25) is 0 Å². The Morgan fingerprint density at radius 3 is 2.74 bits per heavy atom. The summed E-state index contributed by atoms with van der Waals surface area (Å²) in [7, 11) is 0. The van der Waals surface area contributed by atoms with Gasteiger partial charge in [-0.15, -0.1) is 0 Å². The molecule has 1 heterocycles. The van der Waals surface area contributed by atoms with Crippen LogP contribution in [-0.4, -0.2) is 36.3 Å². The van der Waals surface area contributed by atoms with E-state index in [-0.39, 0.29) is 17.7 Å². The van der Waals surface area contributed by atoms with E-state index < -0.39 is 0 Å². The lowest BCUT2D eigenvalue weighted by Gasteiger charge is -2.26. The molecule has 1 saturated carbocycles. The maximum absolute atomic E-state index is 12.2. The van der Waals surface area contributed by atoms with Crippen LogP contribution in [0.3, 0.4) is 0 Å². The molecule has 4 nitrogen and oxygen atoms in total. The zero-order valence-electron chi connectivity index (χ0n) is 13.3. The fourth-order valence-corrected chi connectivity index (χ4v) is 3.73. The van der Waals surface area contributed by atoms with Crippen LogP contribution in [0, 0.1) is 5.92 Å². The first kappa shape index (κ1) is 16.5. The van der Waals surface area contributed by atoms with E-state index in [1.54, 1.807) is 0 Å². The smallest absolute Gasteiger partial charge is 0.224 e. The van der Waals surface area contributed by atoms with Gasteiger partial charge in [0.1, 0.15) is 0 Å². The van der Waals surface area contributed by atoms with Gasteiger partial charge in [0.2, 0.25) is 11.8 Å². The summed E-state index contributed by atoms with van der Waals surface area (Å²) in [5, 5.41) is 2.93. The van der Waals surface area contributed by atoms with Gasteiger partial charge in [-0.3, -0.25) is 9.59 Å². The minimum atomic E-state index is 0.0642. The molecule has 0 spiro atoms. The van der Waals surface area contributed by atoms with E-state index in [1.165, 1.54) is 12.0 Å². The molecule has 3 rings (SSSR count). The predicted molar refractivity (Wildman–Crippen MR) is 93.0 cm³/mol. The highest BCUT2D eigenvalue weighted by Crippen LogP contribution is 2.47. The second-order valence-corrected chi connectivity index (χ2v) is 7.40. The zero-order valence-corrected chi connectivity index (χ0v) is 14.8. The summed E-state index contributed by atoms with van der Waals surface area (Å²) in [6.45, 7) is 2.20. The Morgan fingerprint density at radius 2 is 2.00 bits per heavy atom. The number of hydrogen-bond acceptors (Lipinski definition) is 2. The van der Waals surface area contributed by atoms with Gasteiger partial charge in [-0.25, -0.2) is 0 Å². The predicted octanol–water partition coefficient (Wildman–Crippen LogP) is 3.07. The fourth-order valence-electron chi connectivity index (χ4n) is 3.32. The molecule has 124 valence electrons. The van der Waals surface area contributed by atoms with Crippen LogP contribution in [-0.2, 0) is 9.59 Å². The molecule has 23 heavy (non-hydrogen) atoms. The summed E-state index contributed by atoms with van der Waals surface area (Å²) < 4.78 is 1.05. The number of halogens is 1. The Hall–Kier alpha value is -1.36. The third kappa shape index (κ3) is 4.34. The molecule has 1 aliphatic heterocycles. The standard InChI is InChI=1S/C18H23BrN2O2/c19-14-6-4-5-13(11-14)15-12-16(15)18(23)20-8-7-17(22)21-9-2-1-3-10-21/h4-6,11,15-16H,1-3,7-10,12H2,(H,20,23)/t15-,16-/m0/s1. The van der Waals surface area contributed by atoms with Crippen molar-refractivity contribution in [1.82, 2.24) is 10.2 Å². The number of carbonyl (C=O) groups is 2. The molecule has 0 bridgehead atoms. The molecule has 0 aromatic heterocycles. The lowest BCUT2D eigenvalue weighted by atomic mass is 10.1. The number of nitrogens with one attached hydrogen (secondary N) is 1. The lowest BCUT2D eigenvalue weighted by molar-refractivity contribution is -0.132. The molecular weight excluding hydrogens is 356 g/mol. The summed E-state index contributed by atoms with van der Waals surface area (Å²) in [5.74, 6) is 0.644. The minimum Gasteiger partial charge on any atom is -0.355 e. The summed E-state index contributed by atoms with van der Waals surface area (Å²) in [5.41, 5.74) is 1.21. The third-order valence-electron chi connectivity index (χ3n) is 4.75. The van der Waals surface area contributed by atoms with Crippen molar-refractivity contribution < 1.29 is 9.59 Å². The summed E-state index contributed by atoms with van der Waals surface area (Å²) in [6.07, 6.45) is 4.75. The largest absolute Gasteiger partial charge is 0.355 e. The van der Waals surface area contributed by atoms with E-state index in [0.29, 0.717) is 18.9 Å². The third-order valence-corrected chi connectivity index (χ3v) is 5.24. The summed E-state index contributed by atoms with van der Waals surface area (Å²) in [6, 6.07) is 8.15. The van der Waals surface area contributed by atoms with Crippen molar-refractivity contribution in [1.29, 1.82) is 0 Å². The van der Waals surface area contributed by atoms with E-state index in [4.69, 9.17) is 0 Å². The molecular formula is C18H23BrN2O2. The highest BCUT2D eigenvalue weighted by Gasteiger charge is 2.43. The van der Waals surface area contributed by atoms with E-state index in [0.717, 1.165) is 36.8 Å². The van der Waals surface area contributed by atoms with Crippen LogP contribution < -0.4 is 5.32 Å².